The minimum atomic E-state index is -1.55. The van der Waals surface area contributed by atoms with Gasteiger partial charge in [-0.15, -0.1) is 0 Å². The number of anilines is 1. The van der Waals surface area contributed by atoms with Gasteiger partial charge in [0.2, 0.25) is 5.95 Å². The van der Waals surface area contributed by atoms with Crippen molar-refractivity contribution in [2.45, 2.75) is 38.7 Å². The lowest BCUT2D eigenvalue weighted by Crippen LogP contribution is -2.42. The van der Waals surface area contributed by atoms with Gasteiger partial charge in [-0.25, -0.2) is 9.97 Å². The molecule has 0 spiro atoms. The fourth-order valence-electron chi connectivity index (χ4n) is 3.97. The molecule has 0 bridgehead atoms. The molecule has 1 atom stereocenters. The molecule has 3 aromatic rings. The Morgan fingerprint density at radius 2 is 1.91 bits per heavy atom. The monoisotopic (exact) mass is 478 g/mol. The number of rotatable bonds is 9. The quantitative estimate of drug-likeness (QED) is 0.402. The molecule has 1 aliphatic heterocycles. The second-order valence-electron chi connectivity index (χ2n) is 8.28. The van der Waals surface area contributed by atoms with Crippen LogP contribution in [0.3, 0.4) is 0 Å². The van der Waals surface area contributed by atoms with E-state index in [9.17, 15) is 15.0 Å². The number of aliphatic hydroxyl groups is 2. The third-order valence-corrected chi connectivity index (χ3v) is 5.71. The average Bonchev–Trinajstić information content (AvgIpc) is 2.89. The van der Waals surface area contributed by atoms with Gasteiger partial charge in [0.1, 0.15) is 6.10 Å². The lowest BCUT2D eigenvalue weighted by atomic mass is 10.1. The number of nitrogens with one attached hydrogen (secondary N) is 1. The summed E-state index contributed by atoms with van der Waals surface area (Å²) in [5, 5.41) is 21.4. The predicted molar refractivity (Wildman–Crippen MR) is 130 cm³/mol. The zero-order valence-corrected chi connectivity index (χ0v) is 19.6. The summed E-state index contributed by atoms with van der Waals surface area (Å²) in [5.41, 5.74) is 1.48. The predicted octanol–water partition coefficient (Wildman–Crippen LogP) is 2.84. The highest BCUT2D eigenvalue weighted by molar-refractivity contribution is 5.93. The molecule has 1 saturated heterocycles. The molecule has 1 fully saturated rings. The Balaban J connectivity index is 1.34. The van der Waals surface area contributed by atoms with Crippen molar-refractivity contribution in [1.82, 2.24) is 15.3 Å². The highest BCUT2D eigenvalue weighted by Gasteiger charge is 2.24. The lowest BCUT2D eigenvalue weighted by molar-refractivity contribution is -0.0425. The molecule has 9 nitrogen and oxygen atoms in total. The van der Waals surface area contributed by atoms with Gasteiger partial charge in [-0.2, -0.15) is 0 Å². The Bertz CT molecular complexity index is 1120. The van der Waals surface area contributed by atoms with E-state index in [0.717, 1.165) is 36.4 Å². The molecular formula is C26H30N4O5. The molecule has 35 heavy (non-hydrogen) atoms. The van der Waals surface area contributed by atoms with Crippen LogP contribution in [0.25, 0.3) is 0 Å². The number of benzene rings is 2. The molecule has 9 heteroatoms. The third-order valence-electron chi connectivity index (χ3n) is 5.71. The zero-order valence-electron chi connectivity index (χ0n) is 19.6. The fraction of sp³-hybridized carbons (Fsp3) is 0.346. The van der Waals surface area contributed by atoms with Crippen molar-refractivity contribution < 1.29 is 24.5 Å². The first-order valence-corrected chi connectivity index (χ1v) is 11.7. The van der Waals surface area contributed by atoms with Gasteiger partial charge in [0.25, 0.3) is 5.91 Å². The second kappa shape index (κ2) is 11.6. The van der Waals surface area contributed by atoms with Crippen LogP contribution in [-0.2, 0) is 6.54 Å². The van der Waals surface area contributed by atoms with Gasteiger partial charge in [0.05, 0.1) is 18.7 Å². The summed E-state index contributed by atoms with van der Waals surface area (Å²) >= 11 is 0. The Kier molecular flexibility index (Phi) is 8.12. The number of amides is 1. The van der Waals surface area contributed by atoms with Gasteiger partial charge in [-0.1, -0.05) is 30.3 Å². The van der Waals surface area contributed by atoms with Gasteiger partial charge in [0, 0.05) is 31.0 Å². The summed E-state index contributed by atoms with van der Waals surface area (Å²) in [6, 6.07) is 14.4. The smallest absolute Gasteiger partial charge is 0.254 e. The summed E-state index contributed by atoms with van der Waals surface area (Å²) < 4.78 is 11.9. The molecule has 0 aliphatic carbocycles. The second-order valence-corrected chi connectivity index (χ2v) is 8.28. The maximum atomic E-state index is 12.5. The zero-order chi connectivity index (χ0) is 24.6. The highest BCUT2D eigenvalue weighted by Crippen LogP contribution is 2.29. The van der Waals surface area contributed by atoms with Crippen LogP contribution in [0, 0.1) is 0 Å². The first-order valence-electron chi connectivity index (χ1n) is 11.7. The van der Waals surface area contributed by atoms with E-state index in [2.05, 4.69) is 20.2 Å². The van der Waals surface area contributed by atoms with E-state index < -0.39 is 6.29 Å². The largest absolute Gasteiger partial charge is 0.490 e. The highest BCUT2D eigenvalue weighted by atomic mass is 16.5. The van der Waals surface area contributed by atoms with Gasteiger partial charge in [-0.3, -0.25) is 4.79 Å². The van der Waals surface area contributed by atoms with Gasteiger partial charge in [-0.05, 0) is 43.5 Å². The van der Waals surface area contributed by atoms with Crippen molar-refractivity contribution in [3.8, 4) is 11.5 Å². The maximum absolute atomic E-state index is 12.5. The standard InChI is InChI=1S/C26H30N4O5/c1-2-34-22-10-3-4-11-23(22)35-21-9-6-12-30(17-21)26-28-15-20(16-29-26)24(31)27-14-18-7-5-8-19(13-18)25(32)33/h3-5,7-8,10-11,13,15-16,21,25,32-33H,2,6,9,12,14,17H2,1H3,(H,27,31)/t21-/m1/s1. The Morgan fingerprint density at radius 3 is 2.66 bits per heavy atom. The Morgan fingerprint density at radius 1 is 1.14 bits per heavy atom. The summed E-state index contributed by atoms with van der Waals surface area (Å²) in [6.45, 7) is 4.21. The van der Waals surface area contributed by atoms with Crippen LogP contribution < -0.4 is 19.7 Å². The molecule has 4 rings (SSSR count). The fourth-order valence-corrected chi connectivity index (χ4v) is 3.97. The number of hydrogen-bond acceptors (Lipinski definition) is 8. The number of carbonyl (C=O) groups excluding carboxylic acids is 1. The molecule has 2 aromatic carbocycles. The molecule has 1 aromatic heterocycles. The summed E-state index contributed by atoms with van der Waals surface area (Å²) in [7, 11) is 0. The van der Waals surface area contributed by atoms with Crippen LogP contribution in [-0.4, -0.2) is 51.9 Å². The number of aliphatic hydroxyl groups excluding tert-OH is 1. The topological polar surface area (TPSA) is 117 Å². The maximum Gasteiger partial charge on any atom is 0.254 e. The van der Waals surface area contributed by atoms with Crippen molar-refractivity contribution in [2.75, 3.05) is 24.6 Å². The van der Waals surface area contributed by atoms with Crippen molar-refractivity contribution in [2.24, 2.45) is 0 Å². The van der Waals surface area contributed by atoms with Crippen LogP contribution in [0.1, 0.15) is 47.5 Å². The number of ether oxygens (including phenoxy) is 2. The minimum absolute atomic E-state index is 0.0230. The number of hydrogen-bond donors (Lipinski definition) is 3. The van der Waals surface area contributed by atoms with Crippen LogP contribution >= 0.6 is 0 Å². The summed E-state index contributed by atoms with van der Waals surface area (Å²) in [5.74, 6) is 1.71. The third kappa shape index (κ3) is 6.46. The molecule has 1 amide bonds. The normalized spacial score (nSPS) is 15.7. The van der Waals surface area contributed by atoms with Crippen LogP contribution in [0.4, 0.5) is 5.95 Å². The number of aromatic nitrogens is 2. The number of carbonyl (C=O) groups is 1. The van der Waals surface area contributed by atoms with Crippen LogP contribution in [0.5, 0.6) is 11.5 Å². The van der Waals surface area contributed by atoms with Crippen molar-refractivity contribution in [1.29, 1.82) is 0 Å². The Hall–Kier alpha value is -3.69. The van der Waals surface area contributed by atoms with E-state index >= 15 is 0 Å². The van der Waals surface area contributed by atoms with E-state index in [1.54, 1.807) is 24.3 Å². The number of nitrogens with zero attached hydrogens (tertiary/aromatic N) is 3. The first kappa shape index (κ1) is 24.4. The Labute approximate surface area is 204 Å². The first-order chi connectivity index (χ1) is 17.0. The van der Waals surface area contributed by atoms with Crippen LogP contribution in [0.15, 0.2) is 60.9 Å². The van der Waals surface area contributed by atoms with E-state index in [1.807, 2.05) is 31.2 Å². The minimum Gasteiger partial charge on any atom is -0.490 e. The molecular weight excluding hydrogens is 448 g/mol. The van der Waals surface area contributed by atoms with Gasteiger partial charge in [0.15, 0.2) is 17.8 Å². The van der Waals surface area contributed by atoms with Gasteiger partial charge >= 0.3 is 0 Å². The van der Waals surface area contributed by atoms with E-state index in [4.69, 9.17) is 9.47 Å². The molecule has 1 aliphatic rings. The van der Waals surface area contributed by atoms with Crippen molar-refractivity contribution >= 4 is 11.9 Å². The van der Waals surface area contributed by atoms with Gasteiger partial charge < -0.3 is 29.9 Å². The van der Waals surface area contributed by atoms with E-state index in [0.29, 0.717) is 30.2 Å². The van der Waals surface area contributed by atoms with Crippen molar-refractivity contribution in [3.63, 3.8) is 0 Å². The molecule has 184 valence electrons. The average molecular weight is 479 g/mol. The molecule has 0 saturated carbocycles. The molecule has 0 radical (unpaired) electrons. The molecule has 3 N–H and O–H groups in total. The molecule has 2 heterocycles. The summed E-state index contributed by atoms with van der Waals surface area (Å²) in [6.07, 6.45) is 3.32. The molecule has 0 unspecified atom stereocenters. The SMILES string of the molecule is CCOc1ccccc1O[C@@H]1CCCN(c2ncc(C(=O)NCc3cccc(C(O)O)c3)cn2)C1. The van der Waals surface area contributed by atoms with Crippen molar-refractivity contribution in [3.05, 3.63) is 77.6 Å². The summed E-state index contributed by atoms with van der Waals surface area (Å²) in [4.78, 5) is 23.4. The lowest BCUT2D eigenvalue weighted by Gasteiger charge is -2.33. The number of piperidine rings is 1. The van der Waals surface area contributed by atoms with E-state index in [-0.39, 0.29) is 18.6 Å². The van der Waals surface area contributed by atoms with E-state index in [1.165, 1.54) is 12.4 Å². The number of para-hydroxylation sites is 2. The van der Waals surface area contributed by atoms with Crippen LogP contribution in [0.2, 0.25) is 0 Å².